The average molecular weight is 437 g/mol. The number of likely N-dealkylation sites (tertiary alicyclic amines) is 1. The maximum Gasteiger partial charge on any atom is 0.325 e. The van der Waals surface area contributed by atoms with Gasteiger partial charge in [0.05, 0.1) is 0 Å². The molecule has 0 spiro atoms. The van der Waals surface area contributed by atoms with E-state index < -0.39 is 17.5 Å². The van der Waals surface area contributed by atoms with Gasteiger partial charge in [0.1, 0.15) is 17.9 Å². The minimum atomic E-state index is -1.16. The van der Waals surface area contributed by atoms with E-state index in [1.807, 2.05) is 31.2 Å². The molecule has 1 unspecified atom stereocenters. The summed E-state index contributed by atoms with van der Waals surface area (Å²) < 4.78 is 0. The summed E-state index contributed by atoms with van der Waals surface area (Å²) in [7, 11) is 0. The molecule has 0 radical (unpaired) electrons. The van der Waals surface area contributed by atoms with Crippen LogP contribution in [0.1, 0.15) is 67.2 Å². The molecule has 9 heteroatoms. The van der Waals surface area contributed by atoms with Crippen LogP contribution in [0.3, 0.4) is 0 Å². The topological polar surface area (TPSA) is 111 Å². The molecular weight excluding hydrogens is 408 g/mol. The average Bonchev–Trinajstić information content (AvgIpc) is 3.48. The molecule has 1 aromatic carbocycles. The highest BCUT2D eigenvalue weighted by Gasteiger charge is 2.49. The third kappa shape index (κ3) is 3.65. The molecule has 2 N–H and O–H groups in total. The lowest BCUT2D eigenvalue weighted by Gasteiger charge is -2.32. The van der Waals surface area contributed by atoms with Crippen molar-refractivity contribution in [1.29, 1.82) is 0 Å². The van der Waals surface area contributed by atoms with Crippen LogP contribution in [0.4, 0.5) is 4.79 Å². The zero-order chi connectivity index (χ0) is 22.5. The number of H-pyrrole nitrogens is 1. The van der Waals surface area contributed by atoms with Crippen LogP contribution in [0.2, 0.25) is 0 Å². The van der Waals surface area contributed by atoms with E-state index in [1.54, 1.807) is 11.8 Å². The third-order valence-corrected chi connectivity index (χ3v) is 6.89. The van der Waals surface area contributed by atoms with Gasteiger partial charge in [-0.25, -0.2) is 9.78 Å². The van der Waals surface area contributed by atoms with Crippen molar-refractivity contribution in [2.75, 3.05) is 19.6 Å². The first-order valence-electron chi connectivity index (χ1n) is 11.3. The number of hydrogen-bond acceptors (Lipinski definition) is 5. The summed E-state index contributed by atoms with van der Waals surface area (Å²) in [5.41, 5.74) is 0.609. The normalized spacial score (nSPS) is 24.2. The highest BCUT2D eigenvalue weighted by molar-refractivity contribution is 6.09. The Balaban J connectivity index is 1.20. The first kappa shape index (κ1) is 20.7. The Hall–Kier alpha value is -3.23. The maximum atomic E-state index is 13.1. The predicted octanol–water partition coefficient (Wildman–Crippen LogP) is 2.16. The molecule has 5 rings (SSSR count). The predicted molar refractivity (Wildman–Crippen MR) is 116 cm³/mol. The number of carbonyl (C=O) groups excluding carboxylic acids is 3. The number of benzene rings is 1. The number of aryl methyl sites for hydroxylation is 1. The lowest BCUT2D eigenvalue weighted by atomic mass is 9.91. The first-order chi connectivity index (χ1) is 15.3. The monoisotopic (exact) mass is 436 g/mol. The van der Waals surface area contributed by atoms with E-state index in [1.165, 1.54) is 0 Å². The maximum absolute atomic E-state index is 13.1. The largest absolute Gasteiger partial charge is 0.341 e. The van der Waals surface area contributed by atoms with Crippen molar-refractivity contribution in [3.63, 3.8) is 0 Å². The Kier molecular flexibility index (Phi) is 4.98. The number of rotatable bonds is 5. The molecule has 168 valence electrons. The van der Waals surface area contributed by atoms with Crippen molar-refractivity contribution in [2.24, 2.45) is 0 Å². The number of aromatic amines is 1. The molecule has 3 aliphatic rings. The molecule has 2 aromatic rings. The van der Waals surface area contributed by atoms with E-state index in [4.69, 9.17) is 0 Å². The number of aromatic nitrogens is 3. The molecule has 0 bridgehead atoms. The van der Waals surface area contributed by atoms with E-state index in [2.05, 4.69) is 20.5 Å². The zero-order valence-corrected chi connectivity index (χ0v) is 18.4. The van der Waals surface area contributed by atoms with Crippen LogP contribution < -0.4 is 5.32 Å². The second kappa shape index (κ2) is 7.72. The van der Waals surface area contributed by atoms with Crippen LogP contribution in [0.15, 0.2) is 24.3 Å². The summed E-state index contributed by atoms with van der Waals surface area (Å²) in [6.07, 6.45) is 3.89. The quantitative estimate of drug-likeness (QED) is 0.698. The zero-order valence-electron chi connectivity index (χ0n) is 18.4. The summed E-state index contributed by atoms with van der Waals surface area (Å²) in [5, 5.41) is 10.2. The van der Waals surface area contributed by atoms with Crippen LogP contribution in [-0.4, -0.2) is 62.5 Å². The molecule has 9 nitrogen and oxygen atoms in total. The van der Waals surface area contributed by atoms with Gasteiger partial charge < -0.3 is 10.2 Å². The fourth-order valence-corrected chi connectivity index (χ4v) is 4.56. The Bertz CT molecular complexity index is 1050. The smallest absolute Gasteiger partial charge is 0.325 e. The van der Waals surface area contributed by atoms with Gasteiger partial charge in [0, 0.05) is 24.9 Å². The van der Waals surface area contributed by atoms with Crippen molar-refractivity contribution < 1.29 is 14.4 Å². The van der Waals surface area contributed by atoms with Gasteiger partial charge >= 0.3 is 6.03 Å². The van der Waals surface area contributed by atoms with E-state index in [0.717, 1.165) is 47.8 Å². The number of carbonyl (C=O) groups is 3. The molecular formula is C23H28N6O3. The standard InChI is InChI=1S/C23H28N6O3/c1-14-3-7-17(8-4-14)23(2)21(31)29(22(32)25-23)13-18(30)28-11-9-16(10-12-28)20-24-19(26-27-20)15-5-6-15/h3-4,7-8,15-16H,5-6,9-13H2,1-2H3,(H,25,32)(H,24,26,27). The highest BCUT2D eigenvalue weighted by Crippen LogP contribution is 2.38. The van der Waals surface area contributed by atoms with E-state index in [9.17, 15) is 14.4 Å². The van der Waals surface area contributed by atoms with E-state index in [0.29, 0.717) is 24.6 Å². The fraction of sp³-hybridized carbons (Fsp3) is 0.522. The van der Waals surface area contributed by atoms with Gasteiger partial charge in [-0.2, -0.15) is 5.10 Å². The van der Waals surface area contributed by atoms with Crippen LogP contribution >= 0.6 is 0 Å². The van der Waals surface area contributed by atoms with Crippen molar-refractivity contribution in [1.82, 2.24) is 30.3 Å². The first-order valence-corrected chi connectivity index (χ1v) is 11.3. The Morgan fingerprint density at radius 1 is 1.09 bits per heavy atom. The fourth-order valence-electron chi connectivity index (χ4n) is 4.56. The van der Waals surface area contributed by atoms with Gasteiger partial charge in [-0.15, -0.1) is 0 Å². The number of urea groups is 1. The SMILES string of the molecule is Cc1ccc(C2(C)NC(=O)N(CC(=O)N3CCC(c4nc(C5CC5)n[nH]4)CC3)C2=O)cc1. The molecule has 4 amide bonds. The second-order valence-electron chi connectivity index (χ2n) is 9.32. The summed E-state index contributed by atoms with van der Waals surface area (Å²) in [6.45, 7) is 4.54. The van der Waals surface area contributed by atoms with Crippen molar-refractivity contribution in [2.45, 2.75) is 56.9 Å². The summed E-state index contributed by atoms with van der Waals surface area (Å²) in [4.78, 5) is 46.0. The minimum Gasteiger partial charge on any atom is -0.341 e. The second-order valence-corrected chi connectivity index (χ2v) is 9.32. The molecule has 1 saturated carbocycles. The lowest BCUT2D eigenvalue weighted by Crippen LogP contribution is -2.46. The van der Waals surface area contributed by atoms with Crippen LogP contribution in [0.25, 0.3) is 0 Å². The molecule has 3 heterocycles. The van der Waals surface area contributed by atoms with Gasteiger partial charge in [0.2, 0.25) is 5.91 Å². The van der Waals surface area contributed by atoms with Crippen molar-refractivity contribution in [3.8, 4) is 0 Å². The summed E-state index contributed by atoms with van der Waals surface area (Å²) >= 11 is 0. The van der Waals surface area contributed by atoms with Gasteiger partial charge in [0.15, 0.2) is 5.82 Å². The Morgan fingerprint density at radius 3 is 2.44 bits per heavy atom. The molecule has 1 atom stereocenters. The lowest BCUT2D eigenvalue weighted by molar-refractivity contribution is -0.139. The van der Waals surface area contributed by atoms with E-state index in [-0.39, 0.29) is 18.4 Å². The number of piperidine rings is 1. The van der Waals surface area contributed by atoms with Gasteiger partial charge in [-0.1, -0.05) is 29.8 Å². The number of amides is 4. The van der Waals surface area contributed by atoms with Crippen LogP contribution in [-0.2, 0) is 15.1 Å². The molecule has 1 aliphatic carbocycles. The number of nitrogens with one attached hydrogen (secondary N) is 2. The van der Waals surface area contributed by atoms with Gasteiger partial charge in [0.25, 0.3) is 5.91 Å². The van der Waals surface area contributed by atoms with Crippen LogP contribution in [0, 0.1) is 6.92 Å². The third-order valence-electron chi connectivity index (χ3n) is 6.89. The number of hydrogen-bond donors (Lipinski definition) is 2. The summed E-state index contributed by atoms with van der Waals surface area (Å²) in [6, 6.07) is 6.94. The number of imide groups is 1. The molecule has 2 aliphatic heterocycles. The summed E-state index contributed by atoms with van der Waals surface area (Å²) in [5.74, 6) is 1.97. The van der Waals surface area contributed by atoms with Gasteiger partial charge in [-0.3, -0.25) is 19.6 Å². The minimum absolute atomic E-state index is 0.212. The van der Waals surface area contributed by atoms with E-state index >= 15 is 0 Å². The number of nitrogens with zero attached hydrogens (tertiary/aromatic N) is 4. The van der Waals surface area contributed by atoms with Crippen molar-refractivity contribution >= 4 is 17.8 Å². The molecule has 2 saturated heterocycles. The molecule has 3 fully saturated rings. The molecule has 1 aromatic heterocycles. The Labute approximate surface area is 186 Å². The Morgan fingerprint density at radius 2 is 1.78 bits per heavy atom. The molecule has 32 heavy (non-hydrogen) atoms. The van der Waals surface area contributed by atoms with Gasteiger partial charge in [-0.05, 0) is 45.1 Å². The van der Waals surface area contributed by atoms with Crippen LogP contribution in [0.5, 0.6) is 0 Å². The highest BCUT2D eigenvalue weighted by atomic mass is 16.2. The van der Waals surface area contributed by atoms with Crippen molar-refractivity contribution in [3.05, 3.63) is 47.0 Å².